The predicted octanol–water partition coefficient (Wildman–Crippen LogP) is 3.88. The topological polar surface area (TPSA) is 15.6 Å². The molecule has 3 heteroatoms. The van der Waals surface area contributed by atoms with E-state index >= 15 is 0 Å². The SMILES string of the molecule is C#CC(C)(/C(Cl)=C(CC)\N=C(/C)N(C)C)C1CC1. The van der Waals surface area contributed by atoms with Crippen molar-refractivity contribution in [2.75, 3.05) is 14.1 Å². The number of hydrogen-bond donors (Lipinski definition) is 0. The lowest BCUT2D eigenvalue weighted by Crippen LogP contribution is -2.21. The van der Waals surface area contributed by atoms with Gasteiger partial charge in [0.25, 0.3) is 0 Å². The maximum atomic E-state index is 6.55. The fourth-order valence-electron chi connectivity index (χ4n) is 1.90. The fraction of sp³-hybridized carbons (Fsp3) is 0.667. The second-order valence-electron chi connectivity index (χ2n) is 5.29. The zero-order chi connectivity index (χ0) is 13.9. The van der Waals surface area contributed by atoms with Crippen LogP contribution in [0.5, 0.6) is 0 Å². The zero-order valence-electron chi connectivity index (χ0n) is 12.0. The van der Waals surface area contributed by atoms with Crippen molar-refractivity contribution >= 4 is 17.4 Å². The number of nitrogens with zero attached hydrogens (tertiary/aromatic N) is 2. The van der Waals surface area contributed by atoms with Crippen molar-refractivity contribution in [1.82, 2.24) is 4.90 Å². The van der Waals surface area contributed by atoms with Crippen LogP contribution < -0.4 is 0 Å². The molecule has 0 saturated heterocycles. The molecular formula is C15H23ClN2. The minimum atomic E-state index is -0.344. The number of aliphatic imine (C=N–C) groups is 1. The molecule has 1 aliphatic rings. The molecule has 1 aliphatic carbocycles. The van der Waals surface area contributed by atoms with Gasteiger partial charge in [-0.25, -0.2) is 4.99 Å². The van der Waals surface area contributed by atoms with Gasteiger partial charge in [-0.15, -0.1) is 6.42 Å². The van der Waals surface area contributed by atoms with E-state index in [-0.39, 0.29) is 5.41 Å². The molecule has 0 bridgehead atoms. The average molecular weight is 267 g/mol. The highest BCUT2D eigenvalue weighted by atomic mass is 35.5. The lowest BCUT2D eigenvalue weighted by molar-refractivity contribution is 0.478. The molecule has 1 rings (SSSR count). The molecular weight excluding hydrogens is 244 g/mol. The molecule has 0 spiro atoms. The van der Waals surface area contributed by atoms with Crippen LogP contribution in [0.4, 0.5) is 0 Å². The molecule has 0 aromatic carbocycles. The molecule has 0 amide bonds. The van der Waals surface area contributed by atoms with Crippen molar-refractivity contribution < 1.29 is 0 Å². The smallest absolute Gasteiger partial charge is 0.101 e. The Hall–Kier alpha value is -0.940. The summed E-state index contributed by atoms with van der Waals surface area (Å²) < 4.78 is 0. The van der Waals surface area contributed by atoms with Gasteiger partial charge in [-0.3, -0.25) is 0 Å². The van der Waals surface area contributed by atoms with E-state index in [4.69, 9.17) is 18.0 Å². The Morgan fingerprint density at radius 2 is 2.06 bits per heavy atom. The van der Waals surface area contributed by atoms with Gasteiger partial charge in [0.15, 0.2) is 0 Å². The Morgan fingerprint density at radius 3 is 2.39 bits per heavy atom. The first kappa shape index (κ1) is 15.1. The normalized spacial score (nSPS) is 20.8. The van der Waals surface area contributed by atoms with Crippen LogP contribution in [0.3, 0.4) is 0 Å². The number of allylic oxidation sites excluding steroid dienone is 2. The van der Waals surface area contributed by atoms with Crippen LogP contribution in [0.2, 0.25) is 0 Å². The van der Waals surface area contributed by atoms with Crippen LogP contribution in [0.15, 0.2) is 15.7 Å². The number of rotatable bonds is 4. The van der Waals surface area contributed by atoms with Gasteiger partial charge >= 0.3 is 0 Å². The van der Waals surface area contributed by atoms with E-state index in [1.807, 2.05) is 25.9 Å². The van der Waals surface area contributed by atoms with Crippen LogP contribution >= 0.6 is 11.6 Å². The molecule has 0 aromatic rings. The highest BCUT2D eigenvalue weighted by Gasteiger charge is 2.43. The van der Waals surface area contributed by atoms with Gasteiger partial charge in [0.1, 0.15) is 5.84 Å². The van der Waals surface area contributed by atoms with Gasteiger partial charge in [0.05, 0.1) is 16.1 Å². The average Bonchev–Trinajstić information content (AvgIpc) is 3.17. The maximum Gasteiger partial charge on any atom is 0.101 e. The van der Waals surface area contributed by atoms with Crippen LogP contribution in [-0.4, -0.2) is 24.8 Å². The lowest BCUT2D eigenvalue weighted by Gasteiger charge is -2.24. The molecule has 1 saturated carbocycles. The summed E-state index contributed by atoms with van der Waals surface area (Å²) in [6, 6.07) is 0. The predicted molar refractivity (Wildman–Crippen MR) is 79.6 cm³/mol. The van der Waals surface area contributed by atoms with E-state index in [0.29, 0.717) is 5.92 Å². The van der Waals surface area contributed by atoms with Crippen LogP contribution in [0.25, 0.3) is 0 Å². The minimum Gasteiger partial charge on any atom is -0.366 e. The highest BCUT2D eigenvalue weighted by Crippen LogP contribution is 2.51. The van der Waals surface area contributed by atoms with Crippen molar-refractivity contribution in [2.24, 2.45) is 16.3 Å². The largest absolute Gasteiger partial charge is 0.366 e. The standard InChI is InChI=1S/C15H23ClN2/c1-7-13(17-11(3)18(5)6)14(16)15(4,8-2)12-9-10-12/h2,12H,7,9-10H2,1,3-6H3/b14-13+,17-11+. The molecule has 2 nitrogen and oxygen atoms in total. The fourth-order valence-corrected chi connectivity index (χ4v) is 2.28. The van der Waals surface area contributed by atoms with Crippen molar-refractivity contribution in [3.8, 4) is 12.3 Å². The molecule has 0 N–H and O–H groups in total. The summed E-state index contributed by atoms with van der Waals surface area (Å²) in [6.45, 7) is 6.10. The Labute approximate surface area is 116 Å². The molecule has 100 valence electrons. The van der Waals surface area contributed by atoms with Gasteiger partial charge < -0.3 is 4.90 Å². The molecule has 1 atom stereocenters. The molecule has 1 fully saturated rings. The molecule has 0 radical (unpaired) electrons. The Balaban J connectivity index is 3.14. The number of amidine groups is 1. The summed E-state index contributed by atoms with van der Waals surface area (Å²) in [4.78, 5) is 6.59. The summed E-state index contributed by atoms with van der Waals surface area (Å²) in [5.41, 5.74) is 0.568. The third-order valence-corrected chi connectivity index (χ3v) is 4.29. The van der Waals surface area contributed by atoms with Gasteiger partial charge in [0, 0.05) is 14.1 Å². The summed E-state index contributed by atoms with van der Waals surface area (Å²) >= 11 is 6.55. The van der Waals surface area contributed by atoms with E-state index in [1.165, 1.54) is 12.8 Å². The molecule has 0 aromatic heterocycles. The maximum absolute atomic E-state index is 6.55. The first-order chi connectivity index (χ1) is 8.36. The summed E-state index contributed by atoms with van der Waals surface area (Å²) in [5.74, 6) is 4.35. The quantitative estimate of drug-likeness (QED) is 0.428. The molecule has 0 heterocycles. The van der Waals surface area contributed by atoms with Crippen LogP contribution in [-0.2, 0) is 0 Å². The van der Waals surface area contributed by atoms with E-state index in [9.17, 15) is 0 Å². The Kier molecular flexibility index (Phi) is 4.87. The minimum absolute atomic E-state index is 0.344. The van der Waals surface area contributed by atoms with Crippen LogP contribution in [0, 0.1) is 23.7 Å². The second kappa shape index (κ2) is 5.80. The Morgan fingerprint density at radius 1 is 1.50 bits per heavy atom. The first-order valence-electron chi connectivity index (χ1n) is 6.46. The van der Waals surface area contributed by atoms with E-state index in [1.54, 1.807) is 0 Å². The number of hydrogen-bond acceptors (Lipinski definition) is 1. The zero-order valence-corrected chi connectivity index (χ0v) is 12.8. The number of halogens is 1. The first-order valence-corrected chi connectivity index (χ1v) is 6.84. The Bertz CT molecular complexity index is 411. The highest BCUT2D eigenvalue weighted by molar-refractivity contribution is 6.31. The van der Waals surface area contributed by atoms with Gasteiger partial charge in [0.2, 0.25) is 0 Å². The van der Waals surface area contributed by atoms with E-state index in [0.717, 1.165) is 23.0 Å². The third kappa shape index (κ3) is 3.09. The van der Waals surface area contributed by atoms with Crippen molar-refractivity contribution in [2.45, 2.75) is 40.0 Å². The summed E-state index contributed by atoms with van der Waals surface area (Å²) in [5, 5.41) is 0.746. The van der Waals surface area contributed by atoms with Crippen molar-refractivity contribution in [3.05, 3.63) is 10.7 Å². The van der Waals surface area contributed by atoms with Gasteiger partial charge in [-0.1, -0.05) is 24.4 Å². The second-order valence-corrected chi connectivity index (χ2v) is 5.67. The van der Waals surface area contributed by atoms with Crippen molar-refractivity contribution in [3.63, 3.8) is 0 Å². The van der Waals surface area contributed by atoms with E-state index < -0.39 is 0 Å². The number of terminal acetylenes is 1. The van der Waals surface area contributed by atoms with Gasteiger partial charge in [-0.2, -0.15) is 0 Å². The summed E-state index contributed by atoms with van der Waals surface area (Å²) in [6.07, 6.45) is 8.85. The monoisotopic (exact) mass is 266 g/mol. The molecule has 1 unspecified atom stereocenters. The van der Waals surface area contributed by atoms with Gasteiger partial charge in [-0.05, 0) is 39.0 Å². The molecule has 0 aliphatic heterocycles. The van der Waals surface area contributed by atoms with Crippen LogP contribution in [0.1, 0.15) is 40.0 Å². The lowest BCUT2D eigenvalue weighted by atomic mass is 9.84. The third-order valence-electron chi connectivity index (χ3n) is 3.68. The molecule has 18 heavy (non-hydrogen) atoms. The van der Waals surface area contributed by atoms with Crippen molar-refractivity contribution in [1.29, 1.82) is 0 Å². The summed E-state index contributed by atoms with van der Waals surface area (Å²) in [7, 11) is 3.95. The van der Waals surface area contributed by atoms with E-state index in [2.05, 4.69) is 24.8 Å².